The number of ether oxygens (including phenoxy) is 6. The largest absolute Gasteiger partial charge is 0.490 e. The first kappa shape index (κ1) is 91.4. The number of hydrogen-bond donors (Lipinski definition) is 6. The summed E-state index contributed by atoms with van der Waals surface area (Å²) in [6, 6.07) is 16.6. The van der Waals surface area contributed by atoms with E-state index in [-0.39, 0.29) is 25.0 Å². The van der Waals surface area contributed by atoms with Crippen molar-refractivity contribution in [2.75, 3.05) is 50.3 Å². The number of aromatic amines is 2. The van der Waals surface area contributed by atoms with Gasteiger partial charge in [0.25, 0.3) is 11.1 Å². The first-order valence-corrected chi connectivity index (χ1v) is 42.1. The molecule has 5 rings (SSSR count). The molecule has 6 atom stereocenters. The number of benzene rings is 3. The van der Waals surface area contributed by atoms with Crippen LogP contribution in [0.2, 0.25) is 0 Å². The average molecular weight is 1500 g/mol. The van der Waals surface area contributed by atoms with Crippen LogP contribution < -0.4 is 60.8 Å². The van der Waals surface area contributed by atoms with E-state index in [4.69, 9.17) is 38.4 Å². The molecule has 0 aliphatic rings. The predicted molar refractivity (Wildman–Crippen MR) is 447 cm³/mol. The van der Waals surface area contributed by atoms with Gasteiger partial charge >= 0.3 is 12.1 Å². The van der Waals surface area contributed by atoms with E-state index >= 15 is 0 Å². The molecule has 18 heteroatoms. The van der Waals surface area contributed by atoms with Gasteiger partial charge in [-0.3, -0.25) is 30.2 Å². The Labute approximate surface area is 651 Å². The minimum atomic E-state index is -0.595. The summed E-state index contributed by atoms with van der Waals surface area (Å²) in [5.41, 5.74) is 2.38. The van der Waals surface area contributed by atoms with Crippen LogP contribution in [-0.2, 0) is 13.1 Å². The molecule has 2 heterocycles. The lowest BCUT2D eigenvalue weighted by Crippen LogP contribution is -2.30. The van der Waals surface area contributed by atoms with E-state index in [1.807, 2.05) is 48.5 Å². The van der Waals surface area contributed by atoms with E-state index in [1.54, 1.807) is 0 Å². The molecular weight excluding hydrogens is 1350 g/mol. The fourth-order valence-corrected chi connectivity index (χ4v) is 13.3. The van der Waals surface area contributed by atoms with Gasteiger partial charge in [0.15, 0.2) is 23.0 Å². The maximum Gasteiger partial charge on any atom is 0.321 e. The molecule has 2 aromatic heterocycles. The van der Waals surface area contributed by atoms with E-state index in [2.05, 4.69) is 156 Å². The van der Waals surface area contributed by atoms with Crippen LogP contribution in [-0.4, -0.2) is 71.6 Å². The van der Waals surface area contributed by atoms with Crippen LogP contribution in [0.3, 0.4) is 0 Å². The summed E-state index contributed by atoms with van der Waals surface area (Å²) < 4.78 is 40.2. The number of nitrogens with one attached hydrogen (secondary N) is 6. The van der Waals surface area contributed by atoms with Crippen molar-refractivity contribution in [2.24, 2.45) is 71.0 Å². The second kappa shape index (κ2) is 50.5. The number of carbonyl (C=O) groups is 2. The summed E-state index contributed by atoms with van der Waals surface area (Å²) in [5.74, 6) is 9.92. The van der Waals surface area contributed by atoms with Crippen LogP contribution in [0.25, 0.3) is 22.5 Å². The van der Waals surface area contributed by atoms with Crippen molar-refractivity contribution in [1.82, 2.24) is 30.6 Å². The maximum absolute atomic E-state index is 13.7. The molecule has 606 valence electrons. The number of amides is 4. The normalized spacial score (nSPS) is 13.4. The van der Waals surface area contributed by atoms with Crippen molar-refractivity contribution in [1.29, 1.82) is 0 Å². The SMILES string of the molecule is CC(C)CCC[C@H](C)CCOc1cc(-c2cc(=O)[nH]c(NC(=O)NCc3cccc(CNC(=O)Nc4nc(-c5cc(OCC[C@@H](C)CCCC(C)C)c(OCC[C@@H](C)CCCC(C)C)c(OCC[C@@H](C)CCCC(C)C)c5)cc(=O)[nH]4)c3)n2)cc(OCC[C@@H](C)CCCC(C)C)c1OCC[C@@H](C)CCCC(C)C. The fourth-order valence-electron chi connectivity index (χ4n) is 13.3. The third kappa shape index (κ3) is 38.4. The zero-order chi connectivity index (χ0) is 78.9. The molecule has 108 heavy (non-hydrogen) atoms. The molecule has 6 N–H and O–H groups in total. The number of H-pyrrole nitrogens is 2. The Bertz CT molecular complexity index is 3160. The zero-order valence-corrected chi connectivity index (χ0v) is 70.3. The predicted octanol–water partition coefficient (Wildman–Crippen LogP) is 23.2. The van der Waals surface area contributed by atoms with Gasteiger partial charge in [0.2, 0.25) is 23.4 Å². The highest BCUT2D eigenvalue weighted by Crippen LogP contribution is 2.44. The van der Waals surface area contributed by atoms with E-state index in [9.17, 15) is 19.2 Å². The van der Waals surface area contributed by atoms with Crippen molar-refractivity contribution >= 4 is 24.0 Å². The molecule has 0 bridgehead atoms. The number of urea groups is 2. The van der Waals surface area contributed by atoms with Crippen LogP contribution in [0.5, 0.6) is 34.5 Å². The van der Waals surface area contributed by atoms with Crippen molar-refractivity contribution in [3.05, 3.63) is 92.5 Å². The molecule has 18 nitrogen and oxygen atoms in total. The van der Waals surface area contributed by atoms with Gasteiger partial charge in [0.1, 0.15) is 0 Å². The summed E-state index contributed by atoms with van der Waals surface area (Å²) in [4.78, 5) is 69.4. The highest BCUT2D eigenvalue weighted by atomic mass is 16.5. The molecule has 0 fully saturated rings. The van der Waals surface area contributed by atoms with E-state index < -0.39 is 23.2 Å². The van der Waals surface area contributed by atoms with Gasteiger partial charge < -0.3 is 39.1 Å². The molecule has 3 aromatic carbocycles. The highest BCUT2D eigenvalue weighted by molar-refractivity contribution is 5.88. The van der Waals surface area contributed by atoms with Crippen molar-refractivity contribution in [3.8, 4) is 57.0 Å². The lowest BCUT2D eigenvalue weighted by atomic mass is 9.97. The second-order valence-corrected chi connectivity index (χ2v) is 34.4. The molecule has 0 spiro atoms. The van der Waals surface area contributed by atoms with Gasteiger partial charge in [-0.2, -0.15) is 0 Å². The van der Waals surface area contributed by atoms with Crippen LogP contribution in [0.1, 0.15) is 290 Å². The molecule has 5 aromatic rings. The quantitative estimate of drug-likeness (QED) is 0.0214. The Balaban J connectivity index is 1.32. The molecule has 0 saturated heterocycles. The molecule has 0 aliphatic heterocycles. The molecular formula is C90H146N8O10. The fraction of sp³-hybridized carbons (Fsp3) is 0.689. The summed E-state index contributed by atoms with van der Waals surface area (Å²) in [6.07, 6.45) is 26.2. The first-order valence-electron chi connectivity index (χ1n) is 42.1. The maximum atomic E-state index is 13.7. The molecule has 0 saturated carbocycles. The standard InChI is InChI=1S/C90H146N8O10/c1-61(2)26-19-32-67(13)40-46-103-79-53-75(54-80(104-47-41-68(14)33-20-27-62(3)4)85(79)107-50-44-71(17)36-23-30-65(9)10)77-57-83(99)95-87(93-77)97-89(101)91-59-73-38-25-39-74(52-73)60-92-90(102)98-88-94-78(58-84(100)96-88)76-55-81(105-48-42-69(15)34-21-28-63(5)6)86(108-51-45-72(18)37-24-31-66(11)12)82(56-76)106-49-43-70(16)35-22-29-64(7)8/h25,38-39,52-58,61-72H,19-24,26-37,40-51,59-60H2,1-18H3,(H3,91,93,95,97,99,101)(H3,92,94,96,98,100,102)/t67-,68-,69-,70-,71-,72-/m0/s1. The lowest BCUT2D eigenvalue weighted by molar-refractivity contribution is 0.216. The van der Waals surface area contributed by atoms with Gasteiger partial charge in [0.05, 0.1) is 51.0 Å². The monoisotopic (exact) mass is 1500 g/mol. The average Bonchev–Trinajstić information content (AvgIpc) is 0.804. The number of hydrogen-bond acceptors (Lipinski definition) is 12. The summed E-state index contributed by atoms with van der Waals surface area (Å²) >= 11 is 0. The molecule has 4 amide bonds. The Kier molecular flexibility index (Phi) is 42.8. The Hall–Kier alpha value is -7.24. The Morgan fingerprint density at radius 3 is 0.833 bits per heavy atom. The second-order valence-electron chi connectivity index (χ2n) is 34.4. The van der Waals surface area contributed by atoms with Crippen LogP contribution in [0, 0.1) is 71.0 Å². The smallest absolute Gasteiger partial charge is 0.321 e. The molecule has 0 aliphatic carbocycles. The number of aromatic nitrogens is 4. The van der Waals surface area contributed by atoms with Crippen LogP contribution in [0.15, 0.2) is 70.3 Å². The number of carbonyl (C=O) groups excluding carboxylic acids is 2. The first-order chi connectivity index (χ1) is 51.6. The van der Waals surface area contributed by atoms with E-state index in [0.29, 0.717) is 168 Å². The van der Waals surface area contributed by atoms with Crippen molar-refractivity contribution in [2.45, 2.75) is 292 Å². The zero-order valence-electron chi connectivity index (χ0n) is 70.3. The van der Waals surface area contributed by atoms with Crippen LogP contribution in [0.4, 0.5) is 21.5 Å². The summed E-state index contributed by atoms with van der Waals surface area (Å²) in [6.45, 7) is 44.0. The number of rotatable bonds is 56. The summed E-state index contributed by atoms with van der Waals surface area (Å²) in [7, 11) is 0. The van der Waals surface area contributed by atoms with E-state index in [0.717, 1.165) is 88.2 Å². The minimum Gasteiger partial charge on any atom is -0.490 e. The molecule has 0 radical (unpaired) electrons. The summed E-state index contributed by atoms with van der Waals surface area (Å²) in [5, 5.41) is 11.3. The van der Waals surface area contributed by atoms with Gasteiger partial charge in [-0.1, -0.05) is 264 Å². The topological polar surface area (TPSA) is 229 Å². The van der Waals surface area contributed by atoms with Gasteiger partial charge in [-0.25, -0.2) is 19.6 Å². The van der Waals surface area contributed by atoms with Crippen molar-refractivity contribution in [3.63, 3.8) is 0 Å². The van der Waals surface area contributed by atoms with Gasteiger partial charge in [0, 0.05) is 36.3 Å². The third-order valence-electron chi connectivity index (χ3n) is 20.5. The highest BCUT2D eigenvalue weighted by Gasteiger charge is 2.24. The minimum absolute atomic E-state index is 0.0438. The number of nitrogens with zero attached hydrogens (tertiary/aromatic N) is 2. The Morgan fingerprint density at radius 2 is 0.583 bits per heavy atom. The number of anilines is 2. The van der Waals surface area contributed by atoms with E-state index in [1.165, 1.54) is 89.2 Å². The van der Waals surface area contributed by atoms with Crippen molar-refractivity contribution < 1.29 is 38.0 Å². The van der Waals surface area contributed by atoms with Gasteiger partial charge in [-0.15, -0.1) is 0 Å². The lowest BCUT2D eigenvalue weighted by Gasteiger charge is -2.21. The molecule has 0 unspecified atom stereocenters. The third-order valence-corrected chi connectivity index (χ3v) is 20.5. The van der Waals surface area contributed by atoms with Crippen LogP contribution >= 0.6 is 0 Å². The Morgan fingerprint density at radius 1 is 0.333 bits per heavy atom. The van der Waals surface area contributed by atoms with Gasteiger partial charge in [-0.05, 0) is 145 Å².